The molecular weight excluding hydrogens is 521 g/mol. The van der Waals surface area contributed by atoms with Crippen LogP contribution in [-0.4, -0.2) is 25.6 Å². The maximum atomic E-state index is 10.1. The number of fused-ring (bicyclic) bond motifs is 1. The number of hydrogen-bond acceptors (Lipinski definition) is 3. The molecule has 5 nitrogen and oxygen atoms in total. The second-order valence-corrected chi connectivity index (χ2v) is 5.84. The number of carboxylic acids is 1. The molecule has 6 heteroatoms. The summed E-state index contributed by atoms with van der Waals surface area (Å²) in [5.74, 6) is -0.990. The summed E-state index contributed by atoms with van der Waals surface area (Å²) in [6.07, 6.45) is 5.34. The Morgan fingerprint density at radius 3 is 2.52 bits per heavy atom. The Morgan fingerprint density at radius 2 is 1.89 bits per heavy atom. The van der Waals surface area contributed by atoms with E-state index < -0.39 is 5.97 Å². The first kappa shape index (κ1) is 20.5. The van der Waals surface area contributed by atoms with Gasteiger partial charge in [0.1, 0.15) is 5.69 Å². The van der Waals surface area contributed by atoms with Gasteiger partial charge in [0, 0.05) is 40.5 Å². The second kappa shape index (κ2) is 9.24. The number of nitrogens with zero attached hydrogens (tertiary/aromatic N) is 3. The Hall–Kier alpha value is -2.78. The molecule has 0 spiro atoms. The van der Waals surface area contributed by atoms with Crippen molar-refractivity contribution in [2.75, 3.05) is 0 Å². The Morgan fingerprint density at radius 1 is 1.07 bits per heavy atom. The fourth-order valence-corrected chi connectivity index (χ4v) is 2.51. The number of hydrogen-bond donors (Lipinski definition) is 1. The molecule has 0 radical (unpaired) electrons. The topological polar surface area (TPSA) is 68.0 Å². The molecule has 140 valence electrons. The Kier molecular flexibility index (Phi) is 7.03. The summed E-state index contributed by atoms with van der Waals surface area (Å²) in [5, 5.41) is 9.53. The van der Waals surface area contributed by atoms with Crippen molar-refractivity contribution >= 4 is 16.9 Å². The number of aromatic nitrogens is 3. The molecule has 0 bridgehead atoms. The first-order chi connectivity index (χ1) is 12.5. The number of benzene rings is 1. The van der Waals surface area contributed by atoms with E-state index in [9.17, 15) is 4.79 Å². The zero-order valence-electron chi connectivity index (χ0n) is 14.9. The van der Waals surface area contributed by atoms with Gasteiger partial charge >= 0.3 is 5.97 Å². The maximum Gasteiger partial charge on any atom is 0.354 e. The first-order valence-electron chi connectivity index (χ1n) is 8.09. The molecule has 0 saturated carbocycles. The number of rotatable bonds is 2. The summed E-state index contributed by atoms with van der Waals surface area (Å²) in [6.45, 7) is 2.08. The van der Waals surface area contributed by atoms with Crippen molar-refractivity contribution < 1.29 is 31.0 Å². The van der Waals surface area contributed by atoms with Crippen LogP contribution in [0.15, 0.2) is 67.1 Å². The van der Waals surface area contributed by atoms with Crippen molar-refractivity contribution in [2.45, 2.75) is 6.92 Å². The molecule has 0 atom stereocenters. The predicted molar refractivity (Wildman–Crippen MR) is 101 cm³/mol. The Balaban J connectivity index is 0.000000224. The van der Waals surface area contributed by atoms with Crippen LogP contribution >= 0.6 is 0 Å². The van der Waals surface area contributed by atoms with Crippen molar-refractivity contribution in [3.05, 3.63) is 84.4 Å². The number of aryl methyl sites for hydroxylation is 2. The number of carbonyl (C=O) groups is 1. The van der Waals surface area contributed by atoms with Gasteiger partial charge in [-0.15, -0.1) is 23.8 Å². The average Bonchev–Trinajstić information content (AvgIpc) is 3.03. The SMILES string of the molecule is Cc1ccnc(-c2[c-]c3c(cc2)ccn3C)c1.O=C(O)c1ccccn1.[Pt]. The summed E-state index contributed by atoms with van der Waals surface area (Å²) in [7, 11) is 2.03. The van der Waals surface area contributed by atoms with Crippen LogP contribution in [0.25, 0.3) is 22.2 Å². The summed E-state index contributed by atoms with van der Waals surface area (Å²) in [5.41, 5.74) is 4.44. The van der Waals surface area contributed by atoms with Crippen molar-refractivity contribution in [2.24, 2.45) is 7.05 Å². The minimum Gasteiger partial charge on any atom is -0.477 e. The van der Waals surface area contributed by atoms with Crippen molar-refractivity contribution in [3.63, 3.8) is 0 Å². The fourth-order valence-electron chi connectivity index (χ4n) is 2.51. The third-order valence-electron chi connectivity index (χ3n) is 3.86. The quantitative estimate of drug-likeness (QED) is 0.389. The average molecular weight is 539 g/mol. The third-order valence-corrected chi connectivity index (χ3v) is 3.86. The van der Waals surface area contributed by atoms with Gasteiger partial charge < -0.3 is 14.7 Å². The normalized spacial score (nSPS) is 9.85. The van der Waals surface area contributed by atoms with E-state index >= 15 is 0 Å². The van der Waals surface area contributed by atoms with Gasteiger partial charge in [0.2, 0.25) is 0 Å². The molecule has 0 amide bonds. The minimum absolute atomic E-state index is 0. The monoisotopic (exact) mass is 539 g/mol. The van der Waals surface area contributed by atoms with Gasteiger partial charge in [-0.1, -0.05) is 29.1 Å². The molecule has 3 heterocycles. The van der Waals surface area contributed by atoms with E-state index in [1.165, 1.54) is 23.2 Å². The van der Waals surface area contributed by atoms with Crippen molar-refractivity contribution in [3.8, 4) is 11.3 Å². The number of carboxylic acid groups (broad SMARTS) is 1. The van der Waals surface area contributed by atoms with Gasteiger partial charge in [-0.25, -0.2) is 9.78 Å². The van der Waals surface area contributed by atoms with E-state index in [2.05, 4.69) is 58.0 Å². The minimum atomic E-state index is -0.990. The number of aromatic carboxylic acids is 1. The standard InChI is InChI=1S/C15H13N2.C6H5NO2.Pt/c1-11-5-7-16-14(9-11)13-4-3-12-6-8-17(2)15(12)10-13;8-6(9)5-3-1-2-4-7-5;/h3-9H,1-2H3;1-4H,(H,8,9);/q-1;;. The molecule has 3 aromatic heterocycles. The van der Waals surface area contributed by atoms with Crippen LogP contribution in [0.5, 0.6) is 0 Å². The Bertz CT molecular complexity index is 1050. The van der Waals surface area contributed by atoms with Gasteiger partial charge in [-0.2, -0.15) is 0 Å². The fraction of sp³-hybridized carbons (Fsp3) is 0.0952. The number of pyridine rings is 2. The molecule has 0 aliphatic rings. The van der Waals surface area contributed by atoms with E-state index in [0.29, 0.717) is 0 Å². The van der Waals surface area contributed by atoms with Crippen LogP contribution in [0.2, 0.25) is 0 Å². The predicted octanol–water partition coefficient (Wildman–Crippen LogP) is 4.13. The van der Waals surface area contributed by atoms with E-state index in [4.69, 9.17) is 5.11 Å². The molecule has 0 fully saturated rings. The first-order valence-corrected chi connectivity index (χ1v) is 8.09. The van der Waals surface area contributed by atoms with Gasteiger partial charge in [0.25, 0.3) is 0 Å². The second-order valence-electron chi connectivity index (χ2n) is 5.84. The van der Waals surface area contributed by atoms with E-state index in [-0.39, 0.29) is 26.8 Å². The van der Waals surface area contributed by atoms with Crippen LogP contribution in [0.4, 0.5) is 0 Å². The van der Waals surface area contributed by atoms with Crippen LogP contribution in [0, 0.1) is 13.0 Å². The molecule has 0 unspecified atom stereocenters. The van der Waals surface area contributed by atoms with Crippen LogP contribution in [0.3, 0.4) is 0 Å². The molecule has 0 aliphatic carbocycles. The summed E-state index contributed by atoms with van der Waals surface area (Å²) in [6, 6.07) is 18.5. The molecule has 1 N–H and O–H groups in total. The maximum absolute atomic E-state index is 10.1. The van der Waals surface area contributed by atoms with Crippen molar-refractivity contribution in [1.82, 2.24) is 14.5 Å². The third kappa shape index (κ3) is 5.11. The van der Waals surface area contributed by atoms with Crippen molar-refractivity contribution in [1.29, 1.82) is 0 Å². The summed E-state index contributed by atoms with van der Waals surface area (Å²) in [4.78, 5) is 18.1. The molecular formula is C21H18N3O2Pt-. The smallest absolute Gasteiger partial charge is 0.354 e. The summed E-state index contributed by atoms with van der Waals surface area (Å²) < 4.78 is 2.08. The zero-order valence-corrected chi connectivity index (χ0v) is 17.1. The van der Waals surface area contributed by atoms with Crippen LogP contribution < -0.4 is 0 Å². The van der Waals surface area contributed by atoms with Gasteiger partial charge in [0.15, 0.2) is 0 Å². The molecule has 0 aliphatic heterocycles. The zero-order chi connectivity index (χ0) is 18.5. The molecule has 4 aromatic rings. The molecule has 1 aromatic carbocycles. The van der Waals surface area contributed by atoms with Gasteiger partial charge in [-0.05, 0) is 42.5 Å². The molecule has 0 saturated heterocycles. The summed E-state index contributed by atoms with van der Waals surface area (Å²) >= 11 is 0. The molecule has 27 heavy (non-hydrogen) atoms. The van der Waals surface area contributed by atoms with E-state index in [1.807, 2.05) is 19.3 Å². The molecule has 4 rings (SSSR count). The van der Waals surface area contributed by atoms with E-state index in [0.717, 1.165) is 16.8 Å². The van der Waals surface area contributed by atoms with Crippen LogP contribution in [0.1, 0.15) is 16.1 Å². The van der Waals surface area contributed by atoms with Gasteiger partial charge in [-0.3, -0.25) is 0 Å². The Labute approximate surface area is 172 Å². The van der Waals surface area contributed by atoms with E-state index in [1.54, 1.807) is 12.1 Å². The largest absolute Gasteiger partial charge is 0.477 e. The van der Waals surface area contributed by atoms with Gasteiger partial charge in [0.05, 0.1) is 0 Å². The van der Waals surface area contributed by atoms with Crippen LogP contribution in [-0.2, 0) is 28.1 Å².